The number of hydrogen-bond acceptors (Lipinski definition) is 3. The number of aromatic nitrogens is 2. The molecule has 0 spiro atoms. The molecule has 0 bridgehead atoms. The number of hydrogen-bond donors (Lipinski definition) is 1. The molecule has 1 saturated heterocycles. The van der Waals surface area contributed by atoms with Gasteiger partial charge >= 0.3 is 0 Å². The molecule has 1 aromatic heterocycles. The lowest BCUT2D eigenvalue weighted by atomic mass is 9.95. The Kier molecular flexibility index (Phi) is 3.96. The summed E-state index contributed by atoms with van der Waals surface area (Å²) in [5.41, 5.74) is 0. The molecule has 0 saturated carbocycles. The molecule has 2 unspecified atom stereocenters. The number of aryl methyl sites for hydroxylation is 1. The second kappa shape index (κ2) is 5.46. The standard InChI is InChI=1S/C12H20N2O2/c1-2-6-14-7-5-13-12(14)11(15)10-4-3-8-16-9-10/h5,7,10-11,15H,2-4,6,8-9H2,1H3. The number of rotatable bonds is 4. The van der Waals surface area contributed by atoms with Crippen molar-refractivity contribution in [3.8, 4) is 0 Å². The van der Waals surface area contributed by atoms with Gasteiger partial charge < -0.3 is 14.4 Å². The minimum absolute atomic E-state index is 0.201. The monoisotopic (exact) mass is 224 g/mol. The Morgan fingerprint density at radius 3 is 3.25 bits per heavy atom. The van der Waals surface area contributed by atoms with Crippen LogP contribution in [0.5, 0.6) is 0 Å². The van der Waals surface area contributed by atoms with E-state index in [9.17, 15) is 5.11 Å². The van der Waals surface area contributed by atoms with E-state index in [0.29, 0.717) is 6.61 Å². The fourth-order valence-electron chi connectivity index (χ4n) is 2.24. The summed E-state index contributed by atoms with van der Waals surface area (Å²) in [6, 6.07) is 0. The van der Waals surface area contributed by atoms with Crippen LogP contribution in [-0.2, 0) is 11.3 Å². The molecule has 2 atom stereocenters. The smallest absolute Gasteiger partial charge is 0.137 e. The van der Waals surface area contributed by atoms with Crippen LogP contribution in [-0.4, -0.2) is 27.9 Å². The third kappa shape index (κ3) is 2.44. The molecule has 90 valence electrons. The minimum Gasteiger partial charge on any atom is -0.385 e. The lowest BCUT2D eigenvalue weighted by Gasteiger charge is -2.26. The van der Waals surface area contributed by atoms with Crippen LogP contribution in [0.2, 0.25) is 0 Å². The van der Waals surface area contributed by atoms with Crippen molar-refractivity contribution in [2.75, 3.05) is 13.2 Å². The molecule has 0 aromatic carbocycles. The van der Waals surface area contributed by atoms with Crippen molar-refractivity contribution in [1.29, 1.82) is 0 Å². The molecule has 0 radical (unpaired) electrons. The molecule has 2 heterocycles. The summed E-state index contributed by atoms with van der Waals surface area (Å²) in [5, 5.41) is 10.3. The molecule has 1 aliphatic heterocycles. The van der Waals surface area contributed by atoms with Gasteiger partial charge in [-0.1, -0.05) is 6.92 Å². The van der Waals surface area contributed by atoms with Crippen LogP contribution in [0, 0.1) is 5.92 Å². The molecule has 2 rings (SSSR count). The van der Waals surface area contributed by atoms with Crippen LogP contribution in [0.25, 0.3) is 0 Å². The first-order valence-corrected chi connectivity index (χ1v) is 6.09. The molecule has 16 heavy (non-hydrogen) atoms. The Morgan fingerprint density at radius 1 is 1.69 bits per heavy atom. The van der Waals surface area contributed by atoms with Gasteiger partial charge in [0.2, 0.25) is 0 Å². The molecule has 1 N–H and O–H groups in total. The largest absolute Gasteiger partial charge is 0.385 e. The van der Waals surface area contributed by atoms with E-state index in [-0.39, 0.29) is 5.92 Å². The third-order valence-corrected chi connectivity index (χ3v) is 3.12. The highest BCUT2D eigenvalue weighted by atomic mass is 16.5. The summed E-state index contributed by atoms with van der Waals surface area (Å²) >= 11 is 0. The molecule has 1 aromatic rings. The summed E-state index contributed by atoms with van der Waals surface area (Å²) in [4.78, 5) is 4.27. The Hall–Kier alpha value is -0.870. The first-order chi connectivity index (χ1) is 7.83. The highest BCUT2D eigenvalue weighted by molar-refractivity contribution is 4.99. The van der Waals surface area contributed by atoms with Crippen molar-refractivity contribution in [3.05, 3.63) is 18.2 Å². The van der Waals surface area contributed by atoms with Crippen molar-refractivity contribution in [2.24, 2.45) is 5.92 Å². The van der Waals surface area contributed by atoms with Crippen molar-refractivity contribution in [3.63, 3.8) is 0 Å². The van der Waals surface area contributed by atoms with E-state index in [4.69, 9.17) is 4.74 Å². The lowest BCUT2D eigenvalue weighted by molar-refractivity contribution is -0.0145. The Bertz CT molecular complexity index is 319. The molecular formula is C12H20N2O2. The highest BCUT2D eigenvalue weighted by Crippen LogP contribution is 2.27. The van der Waals surface area contributed by atoms with Gasteiger partial charge in [0, 0.05) is 31.5 Å². The van der Waals surface area contributed by atoms with Gasteiger partial charge in [0.15, 0.2) is 0 Å². The van der Waals surface area contributed by atoms with Crippen LogP contribution < -0.4 is 0 Å². The van der Waals surface area contributed by atoms with E-state index in [2.05, 4.69) is 11.9 Å². The Labute approximate surface area is 96.3 Å². The summed E-state index contributed by atoms with van der Waals surface area (Å²) in [6.45, 7) is 4.52. The van der Waals surface area contributed by atoms with Gasteiger partial charge in [-0.05, 0) is 19.3 Å². The van der Waals surface area contributed by atoms with Gasteiger partial charge in [-0.3, -0.25) is 0 Å². The number of nitrogens with zero attached hydrogens (tertiary/aromatic N) is 2. The van der Waals surface area contributed by atoms with Crippen molar-refractivity contribution >= 4 is 0 Å². The molecule has 4 nitrogen and oxygen atoms in total. The minimum atomic E-state index is -0.484. The average molecular weight is 224 g/mol. The molecule has 4 heteroatoms. The molecule has 0 amide bonds. The summed E-state index contributed by atoms with van der Waals surface area (Å²) in [7, 11) is 0. The van der Waals surface area contributed by atoms with Crippen LogP contribution in [0.1, 0.15) is 38.1 Å². The summed E-state index contributed by atoms with van der Waals surface area (Å²) in [6.07, 6.45) is 6.33. The second-order valence-corrected chi connectivity index (χ2v) is 4.40. The highest BCUT2D eigenvalue weighted by Gasteiger charge is 2.26. The zero-order chi connectivity index (χ0) is 11.4. The van der Waals surface area contributed by atoms with Crippen molar-refractivity contribution in [2.45, 2.75) is 38.8 Å². The zero-order valence-corrected chi connectivity index (χ0v) is 9.80. The van der Waals surface area contributed by atoms with Gasteiger partial charge in [-0.25, -0.2) is 4.98 Å². The molecule has 1 aliphatic rings. The number of aliphatic hydroxyl groups excluding tert-OH is 1. The Morgan fingerprint density at radius 2 is 2.56 bits per heavy atom. The first-order valence-electron chi connectivity index (χ1n) is 6.09. The summed E-state index contributed by atoms with van der Waals surface area (Å²) < 4.78 is 7.45. The molecule has 0 aliphatic carbocycles. The van der Waals surface area contributed by atoms with Gasteiger partial charge in [-0.2, -0.15) is 0 Å². The zero-order valence-electron chi connectivity index (χ0n) is 9.80. The van der Waals surface area contributed by atoms with E-state index in [1.807, 2.05) is 10.8 Å². The van der Waals surface area contributed by atoms with E-state index >= 15 is 0 Å². The van der Waals surface area contributed by atoms with Crippen LogP contribution in [0.15, 0.2) is 12.4 Å². The van der Waals surface area contributed by atoms with Gasteiger partial charge in [0.1, 0.15) is 11.9 Å². The van der Waals surface area contributed by atoms with Gasteiger partial charge in [0.05, 0.1) is 6.61 Å². The van der Waals surface area contributed by atoms with E-state index < -0.39 is 6.10 Å². The van der Waals surface area contributed by atoms with Gasteiger partial charge in [0.25, 0.3) is 0 Å². The quantitative estimate of drug-likeness (QED) is 0.847. The van der Waals surface area contributed by atoms with Crippen molar-refractivity contribution < 1.29 is 9.84 Å². The summed E-state index contributed by atoms with van der Waals surface area (Å²) in [5.74, 6) is 0.990. The SMILES string of the molecule is CCCn1ccnc1C(O)C1CCCOC1. The van der Waals surface area contributed by atoms with E-state index in [0.717, 1.165) is 38.2 Å². The predicted molar refractivity (Wildman–Crippen MR) is 61.0 cm³/mol. The predicted octanol–water partition coefficient (Wildman–Crippen LogP) is 1.75. The second-order valence-electron chi connectivity index (χ2n) is 4.40. The van der Waals surface area contributed by atoms with Crippen LogP contribution in [0.3, 0.4) is 0 Å². The maximum absolute atomic E-state index is 10.3. The number of aliphatic hydroxyl groups is 1. The number of ether oxygens (including phenoxy) is 1. The normalized spacial score (nSPS) is 23.2. The average Bonchev–Trinajstić information content (AvgIpc) is 2.78. The van der Waals surface area contributed by atoms with E-state index in [1.165, 1.54) is 0 Å². The third-order valence-electron chi connectivity index (χ3n) is 3.12. The van der Waals surface area contributed by atoms with E-state index in [1.54, 1.807) is 6.20 Å². The Balaban J connectivity index is 2.06. The van der Waals surface area contributed by atoms with Crippen LogP contribution in [0.4, 0.5) is 0 Å². The first kappa shape index (κ1) is 11.6. The van der Waals surface area contributed by atoms with Crippen molar-refractivity contribution in [1.82, 2.24) is 9.55 Å². The lowest BCUT2D eigenvalue weighted by Crippen LogP contribution is -2.25. The number of imidazole rings is 1. The fraction of sp³-hybridized carbons (Fsp3) is 0.750. The molecule has 1 fully saturated rings. The van der Waals surface area contributed by atoms with Crippen LogP contribution >= 0.6 is 0 Å². The fourth-order valence-corrected chi connectivity index (χ4v) is 2.24. The maximum atomic E-state index is 10.3. The molecular weight excluding hydrogens is 204 g/mol. The topological polar surface area (TPSA) is 47.3 Å². The maximum Gasteiger partial charge on any atom is 0.137 e. The van der Waals surface area contributed by atoms with Gasteiger partial charge in [-0.15, -0.1) is 0 Å².